The fraction of sp³-hybridized carbons (Fsp3) is 0.0833. The van der Waals surface area contributed by atoms with Crippen LogP contribution in [-0.4, -0.2) is 5.91 Å². The third kappa shape index (κ3) is 3.50. The van der Waals surface area contributed by atoms with Gasteiger partial charge in [-0.1, -0.05) is 27.5 Å². The molecule has 0 bridgehead atoms. The molecule has 1 heterocycles. The number of hydrogen-bond donors (Lipinski definition) is 2. The van der Waals surface area contributed by atoms with Crippen LogP contribution in [0.25, 0.3) is 0 Å². The number of furan rings is 1. The number of carbonyl (C=O) groups excluding carboxylic acids is 1. The number of rotatable bonds is 4. The van der Waals surface area contributed by atoms with Gasteiger partial charge in [-0.15, -0.1) is 0 Å². The van der Waals surface area contributed by atoms with Gasteiger partial charge in [-0.05, 0) is 24.3 Å². The molecule has 100 valence electrons. The van der Waals surface area contributed by atoms with E-state index in [1.807, 2.05) is 11.5 Å². The highest BCUT2D eigenvalue weighted by Crippen LogP contribution is 2.28. The second-order valence-electron chi connectivity index (χ2n) is 3.64. The summed E-state index contributed by atoms with van der Waals surface area (Å²) in [6.45, 7) is 0.161. The van der Waals surface area contributed by atoms with Gasteiger partial charge < -0.3 is 9.15 Å². The van der Waals surface area contributed by atoms with Gasteiger partial charge in [-0.2, -0.15) is 0 Å². The Morgan fingerprint density at radius 3 is 3.00 bits per heavy atom. The zero-order valence-corrected chi connectivity index (χ0v) is 12.0. The van der Waals surface area contributed by atoms with Gasteiger partial charge in [0.25, 0.3) is 5.91 Å². The Hall–Kier alpha value is -1.50. The Morgan fingerprint density at radius 2 is 2.26 bits per heavy atom. The number of hydrazine groups is 1. The van der Waals surface area contributed by atoms with Crippen molar-refractivity contribution in [2.75, 3.05) is 0 Å². The normalized spacial score (nSPS) is 10.3. The molecule has 7 heteroatoms. The Bertz CT molecular complexity index is 600. The number of ether oxygens (including phenoxy) is 1. The summed E-state index contributed by atoms with van der Waals surface area (Å²) in [6.07, 6.45) is 1.31. The largest absolute Gasteiger partial charge is 0.484 e. The van der Waals surface area contributed by atoms with E-state index in [1.165, 1.54) is 6.26 Å². The molecule has 3 N–H and O–H groups in total. The number of carbonyl (C=O) groups is 1. The van der Waals surface area contributed by atoms with E-state index in [-0.39, 0.29) is 6.61 Å². The standard InChI is InChI=1S/C12H10BrClN2O3/c13-8-1-2-10(14)11(4-8)19-6-9-3-7(5-18-9)12(17)16-15/h1-5H,6,15H2,(H,16,17). The lowest BCUT2D eigenvalue weighted by atomic mass is 10.3. The van der Waals surface area contributed by atoms with Gasteiger partial charge in [0, 0.05) is 4.47 Å². The van der Waals surface area contributed by atoms with Gasteiger partial charge in [-0.3, -0.25) is 10.2 Å². The van der Waals surface area contributed by atoms with Crippen molar-refractivity contribution in [3.8, 4) is 5.75 Å². The number of halogens is 2. The van der Waals surface area contributed by atoms with Crippen LogP contribution in [0.3, 0.4) is 0 Å². The monoisotopic (exact) mass is 344 g/mol. The van der Waals surface area contributed by atoms with Crippen LogP contribution < -0.4 is 16.0 Å². The molecule has 0 aliphatic carbocycles. The van der Waals surface area contributed by atoms with E-state index in [1.54, 1.807) is 18.2 Å². The maximum atomic E-state index is 11.2. The number of amides is 1. The van der Waals surface area contributed by atoms with Crippen LogP contribution in [0.2, 0.25) is 5.02 Å². The molecule has 1 aromatic heterocycles. The molecule has 0 fully saturated rings. The van der Waals surface area contributed by atoms with Gasteiger partial charge >= 0.3 is 0 Å². The fourth-order valence-electron chi connectivity index (χ4n) is 1.40. The van der Waals surface area contributed by atoms with Crippen LogP contribution in [0, 0.1) is 0 Å². The molecule has 1 amide bonds. The summed E-state index contributed by atoms with van der Waals surface area (Å²) in [5.74, 6) is 5.62. The molecule has 19 heavy (non-hydrogen) atoms. The van der Waals surface area contributed by atoms with E-state index in [2.05, 4.69) is 15.9 Å². The highest BCUT2D eigenvalue weighted by Gasteiger charge is 2.10. The fourth-order valence-corrected chi connectivity index (χ4v) is 1.91. The van der Waals surface area contributed by atoms with E-state index in [4.69, 9.17) is 26.6 Å². The van der Waals surface area contributed by atoms with Crippen LogP contribution >= 0.6 is 27.5 Å². The number of nitrogens with one attached hydrogen (secondary N) is 1. The second-order valence-corrected chi connectivity index (χ2v) is 4.96. The van der Waals surface area contributed by atoms with Crippen LogP contribution in [-0.2, 0) is 6.61 Å². The Balaban J connectivity index is 2.04. The molecular weight excluding hydrogens is 336 g/mol. The topological polar surface area (TPSA) is 77.5 Å². The zero-order valence-electron chi connectivity index (χ0n) is 9.65. The van der Waals surface area contributed by atoms with E-state index in [0.717, 1.165) is 4.47 Å². The summed E-state index contributed by atoms with van der Waals surface area (Å²) in [5, 5.41) is 0.495. The predicted octanol–water partition coefficient (Wildman–Crippen LogP) is 2.88. The molecule has 0 saturated heterocycles. The summed E-state index contributed by atoms with van der Waals surface area (Å²) < 4.78 is 11.6. The third-order valence-corrected chi connectivity index (χ3v) is 3.12. The minimum Gasteiger partial charge on any atom is -0.484 e. The lowest BCUT2D eigenvalue weighted by molar-refractivity contribution is 0.0953. The predicted molar refractivity (Wildman–Crippen MR) is 73.8 cm³/mol. The molecule has 0 unspecified atom stereocenters. The Labute approximate surface area is 122 Å². The van der Waals surface area contributed by atoms with Gasteiger partial charge in [0.05, 0.1) is 10.6 Å². The maximum absolute atomic E-state index is 11.2. The molecule has 2 rings (SSSR count). The first-order valence-electron chi connectivity index (χ1n) is 5.26. The van der Waals surface area contributed by atoms with Crippen molar-refractivity contribution in [3.63, 3.8) is 0 Å². The lowest BCUT2D eigenvalue weighted by Gasteiger charge is -2.06. The molecule has 0 saturated carbocycles. The Kier molecular flexibility index (Phi) is 4.47. The summed E-state index contributed by atoms with van der Waals surface area (Å²) in [5.41, 5.74) is 2.35. The molecule has 0 aliphatic heterocycles. The second kappa shape index (κ2) is 6.10. The molecule has 0 radical (unpaired) electrons. The summed E-state index contributed by atoms with van der Waals surface area (Å²) in [4.78, 5) is 11.2. The average Bonchev–Trinajstić information content (AvgIpc) is 2.88. The van der Waals surface area contributed by atoms with Crippen LogP contribution in [0.5, 0.6) is 5.75 Å². The van der Waals surface area contributed by atoms with Gasteiger partial charge in [0.15, 0.2) is 0 Å². The first-order chi connectivity index (χ1) is 9.10. The third-order valence-electron chi connectivity index (χ3n) is 2.31. The minimum absolute atomic E-state index is 0.161. The number of benzene rings is 1. The zero-order chi connectivity index (χ0) is 13.8. The number of hydrogen-bond acceptors (Lipinski definition) is 4. The van der Waals surface area contributed by atoms with Crippen LogP contribution in [0.4, 0.5) is 0 Å². The van der Waals surface area contributed by atoms with Crippen LogP contribution in [0.15, 0.2) is 39.4 Å². The quantitative estimate of drug-likeness (QED) is 0.507. The average molecular weight is 346 g/mol. The molecule has 0 spiro atoms. The number of nitrogens with two attached hydrogens (primary N) is 1. The summed E-state index contributed by atoms with van der Waals surface area (Å²) >= 11 is 9.31. The SMILES string of the molecule is NNC(=O)c1coc(COc2cc(Br)ccc2Cl)c1. The van der Waals surface area contributed by atoms with Crippen molar-refractivity contribution in [2.24, 2.45) is 5.84 Å². The van der Waals surface area contributed by atoms with Gasteiger partial charge in [0.2, 0.25) is 0 Å². The number of nitrogen functional groups attached to an aromatic ring is 1. The van der Waals surface area contributed by atoms with Gasteiger partial charge in [-0.25, -0.2) is 5.84 Å². The molecule has 0 atom stereocenters. The van der Waals surface area contributed by atoms with Crippen LogP contribution in [0.1, 0.15) is 16.1 Å². The van der Waals surface area contributed by atoms with Crippen molar-refractivity contribution < 1.29 is 13.9 Å². The van der Waals surface area contributed by atoms with Crippen molar-refractivity contribution in [1.29, 1.82) is 0 Å². The van der Waals surface area contributed by atoms with E-state index in [9.17, 15) is 4.79 Å². The molecule has 2 aromatic rings. The molecule has 5 nitrogen and oxygen atoms in total. The van der Waals surface area contributed by atoms with E-state index < -0.39 is 5.91 Å². The molecular formula is C12H10BrClN2O3. The molecule has 0 aliphatic rings. The van der Waals surface area contributed by atoms with E-state index in [0.29, 0.717) is 22.1 Å². The first kappa shape index (κ1) is 13.9. The van der Waals surface area contributed by atoms with Crippen molar-refractivity contribution in [1.82, 2.24) is 5.43 Å². The van der Waals surface area contributed by atoms with Gasteiger partial charge in [0.1, 0.15) is 24.4 Å². The maximum Gasteiger partial charge on any atom is 0.268 e. The first-order valence-corrected chi connectivity index (χ1v) is 6.43. The molecule has 1 aromatic carbocycles. The lowest BCUT2D eigenvalue weighted by Crippen LogP contribution is -2.29. The van der Waals surface area contributed by atoms with Crippen molar-refractivity contribution in [2.45, 2.75) is 6.61 Å². The smallest absolute Gasteiger partial charge is 0.268 e. The van der Waals surface area contributed by atoms with Crippen molar-refractivity contribution in [3.05, 3.63) is 51.3 Å². The summed E-state index contributed by atoms with van der Waals surface area (Å²) in [6, 6.07) is 6.83. The summed E-state index contributed by atoms with van der Waals surface area (Å²) in [7, 11) is 0. The van der Waals surface area contributed by atoms with E-state index >= 15 is 0 Å². The Morgan fingerprint density at radius 1 is 1.47 bits per heavy atom. The highest BCUT2D eigenvalue weighted by molar-refractivity contribution is 9.10. The minimum atomic E-state index is -0.421. The van der Waals surface area contributed by atoms with Crippen molar-refractivity contribution >= 4 is 33.4 Å². The highest BCUT2D eigenvalue weighted by atomic mass is 79.9.